The minimum atomic E-state index is 0.0226. The summed E-state index contributed by atoms with van der Waals surface area (Å²) in [4.78, 5) is 14.2. The van der Waals surface area contributed by atoms with Crippen LogP contribution in [0.25, 0.3) is 0 Å². The van der Waals surface area contributed by atoms with Crippen LogP contribution in [0.2, 0.25) is 0 Å². The molecule has 1 aliphatic rings. The van der Waals surface area contributed by atoms with Gasteiger partial charge in [-0.15, -0.1) is 0 Å². The molecule has 0 spiro atoms. The highest BCUT2D eigenvalue weighted by Gasteiger charge is 2.32. The molecule has 1 aromatic heterocycles. The largest absolute Gasteiger partial charge is 0.467 e. The molecule has 0 unspecified atom stereocenters. The number of carbonyl (C=O) groups is 1. The van der Waals surface area contributed by atoms with Crippen molar-refractivity contribution in [2.75, 3.05) is 33.5 Å². The first-order chi connectivity index (χ1) is 9.72. The summed E-state index contributed by atoms with van der Waals surface area (Å²) in [7, 11) is 1.62. The van der Waals surface area contributed by atoms with Gasteiger partial charge in [0.25, 0.3) is 0 Å². The van der Waals surface area contributed by atoms with Crippen molar-refractivity contribution in [3.8, 4) is 0 Å². The molecule has 0 N–H and O–H groups in total. The predicted molar refractivity (Wildman–Crippen MR) is 74.3 cm³/mol. The summed E-state index contributed by atoms with van der Waals surface area (Å²) in [5.74, 6) is 1.49. The van der Waals surface area contributed by atoms with Crippen molar-refractivity contribution in [1.29, 1.82) is 0 Å². The molecule has 2 rings (SSSR count). The van der Waals surface area contributed by atoms with E-state index in [1.807, 2.05) is 17.0 Å². The maximum absolute atomic E-state index is 12.3. The molecule has 0 aliphatic carbocycles. The first-order valence-electron chi connectivity index (χ1n) is 7.12. The van der Waals surface area contributed by atoms with Crippen molar-refractivity contribution in [1.82, 2.24) is 4.90 Å². The maximum Gasteiger partial charge on any atom is 0.249 e. The van der Waals surface area contributed by atoms with E-state index in [0.717, 1.165) is 25.1 Å². The van der Waals surface area contributed by atoms with Crippen LogP contribution in [0, 0.1) is 5.92 Å². The lowest BCUT2D eigenvalue weighted by Crippen LogP contribution is -2.42. The third-order valence-electron chi connectivity index (χ3n) is 3.71. The van der Waals surface area contributed by atoms with Crippen molar-refractivity contribution in [3.05, 3.63) is 24.2 Å². The summed E-state index contributed by atoms with van der Waals surface area (Å²) in [5.41, 5.74) is 0. The van der Waals surface area contributed by atoms with Gasteiger partial charge in [-0.25, -0.2) is 0 Å². The number of furan rings is 1. The van der Waals surface area contributed by atoms with Crippen molar-refractivity contribution in [2.45, 2.75) is 25.8 Å². The number of hydrogen-bond donors (Lipinski definition) is 0. The molecule has 1 saturated heterocycles. The Morgan fingerprint density at radius 3 is 3.05 bits per heavy atom. The number of ether oxygens (including phenoxy) is 2. The first kappa shape index (κ1) is 15.1. The number of carbonyl (C=O) groups excluding carboxylic acids is 1. The highest BCUT2D eigenvalue weighted by atomic mass is 16.5. The Kier molecular flexibility index (Phi) is 5.61. The molecule has 0 radical (unpaired) electrons. The average Bonchev–Trinajstić information content (AvgIpc) is 2.97. The number of nitrogens with zero attached hydrogens (tertiary/aromatic N) is 1. The molecule has 5 heteroatoms. The van der Waals surface area contributed by atoms with Crippen LogP contribution in [-0.4, -0.2) is 44.3 Å². The molecule has 0 bridgehead atoms. The molecule has 1 fully saturated rings. The van der Waals surface area contributed by atoms with Crippen molar-refractivity contribution in [3.63, 3.8) is 0 Å². The van der Waals surface area contributed by atoms with Crippen LogP contribution in [0.15, 0.2) is 22.8 Å². The second-order valence-electron chi connectivity index (χ2n) is 5.29. The average molecular weight is 281 g/mol. The zero-order chi connectivity index (χ0) is 14.4. The van der Waals surface area contributed by atoms with Gasteiger partial charge in [-0.05, 0) is 30.9 Å². The molecule has 2 atom stereocenters. The van der Waals surface area contributed by atoms with Crippen LogP contribution >= 0.6 is 0 Å². The summed E-state index contributed by atoms with van der Waals surface area (Å²) >= 11 is 0. The molecule has 1 aromatic rings. The van der Waals surface area contributed by atoms with Crippen LogP contribution in [0.4, 0.5) is 0 Å². The topological polar surface area (TPSA) is 51.9 Å². The van der Waals surface area contributed by atoms with E-state index in [9.17, 15) is 4.79 Å². The molecule has 1 amide bonds. The van der Waals surface area contributed by atoms with Crippen molar-refractivity contribution >= 4 is 5.91 Å². The molecular formula is C15H23NO4. The summed E-state index contributed by atoms with van der Waals surface area (Å²) in [5, 5.41) is 0. The maximum atomic E-state index is 12.3. The Morgan fingerprint density at radius 1 is 1.50 bits per heavy atom. The van der Waals surface area contributed by atoms with Gasteiger partial charge < -0.3 is 18.8 Å². The van der Waals surface area contributed by atoms with Gasteiger partial charge in [0.1, 0.15) is 12.4 Å². The van der Waals surface area contributed by atoms with E-state index in [1.54, 1.807) is 13.4 Å². The highest BCUT2D eigenvalue weighted by Crippen LogP contribution is 2.34. The number of piperidine rings is 1. The van der Waals surface area contributed by atoms with Crippen LogP contribution in [0.5, 0.6) is 0 Å². The molecule has 0 saturated carbocycles. The smallest absolute Gasteiger partial charge is 0.249 e. The summed E-state index contributed by atoms with van der Waals surface area (Å²) in [6, 6.07) is 3.84. The Hall–Kier alpha value is -1.33. The SMILES string of the molecule is COCCOCC(=O)N1CC[C@@H](C)C[C@H]1c1ccco1. The fraction of sp³-hybridized carbons (Fsp3) is 0.667. The third-order valence-corrected chi connectivity index (χ3v) is 3.71. The van der Waals surface area contributed by atoms with E-state index in [-0.39, 0.29) is 18.6 Å². The fourth-order valence-electron chi connectivity index (χ4n) is 2.58. The van der Waals surface area contributed by atoms with E-state index in [1.165, 1.54) is 0 Å². The molecule has 0 aromatic carbocycles. The quantitative estimate of drug-likeness (QED) is 0.750. The standard InChI is InChI=1S/C15H23NO4/c1-12-5-6-16(15(17)11-19-9-8-18-2)13(10-12)14-4-3-7-20-14/h3-4,7,12-13H,5-6,8-11H2,1-2H3/t12-,13+/m1/s1. The van der Waals surface area contributed by atoms with Gasteiger partial charge in [0.05, 0.1) is 25.5 Å². The fourth-order valence-corrected chi connectivity index (χ4v) is 2.58. The van der Waals surface area contributed by atoms with Gasteiger partial charge in [0.2, 0.25) is 5.91 Å². The van der Waals surface area contributed by atoms with E-state index < -0.39 is 0 Å². The normalized spacial score (nSPS) is 23.0. The Morgan fingerprint density at radius 2 is 2.35 bits per heavy atom. The van der Waals surface area contributed by atoms with Gasteiger partial charge in [0, 0.05) is 13.7 Å². The Bertz CT molecular complexity index is 404. The molecule has 5 nitrogen and oxygen atoms in total. The molecule has 112 valence electrons. The lowest BCUT2D eigenvalue weighted by atomic mass is 9.91. The first-order valence-corrected chi connectivity index (χ1v) is 7.12. The number of amides is 1. The zero-order valence-corrected chi connectivity index (χ0v) is 12.2. The minimum Gasteiger partial charge on any atom is -0.467 e. The van der Waals surface area contributed by atoms with Gasteiger partial charge in [-0.2, -0.15) is 0 Å². The lowest BCUT2D eigenvalue weighted by molar-refractivity contribution is -0.141. The molecule has 20 heavy (non-hydrogen) atoms. The number of rotatable bonds is 6. The summed E-state index contributed by atoms with van der Waals surface area (Å²) in [6.07, 6.45) is 3.63. The highest BCUT2D eigenvalue weighted by molar-refractivity contribution is 5.78. The number of methoxy groups -OCH3 is 1. The molecular weight excluding hydrogens is 258 g/mol. The van der Waals surface area contributed by atoms with Gasteiger partial charge in [0.15, 0.2) is 0 Å². The van der Waals surface area contributed by atoms with Gasteiger partial charge >= 0.3 is 0 Å². The summed E-state index contributed by atoms with van der Waals surface area (Å²) < 4.78 is 15.7. The van der Waals surface area contributed by atoms with E-state index >= 15 is 0 Å². The van der Waals surface area contributed by atoms with Crippen molar-refractivity contribution < 1.29 is 18.7 Å². The Balaban J connectivity index is 1.94. The molecule has 1 aliphatic heterocycles. The monoisotopic (exact) mass is 281 g/mol. The van der Waals surface area contributed by atoms with E-state index in [4.69, 9.17) is 13.9 Å². The third kappa shape index (κ3) is 3.84. The van der Waals surface area contributed by atoms with Crippen LogP contribution < -0.4 is 0 Å². The van der Waals surface area contributed by atoms with Crippen LogP contribution in [0.3, 0.4) is 0 Å². The second-order valence-corrected chi connectivity index (χ2v) is 5.29. The number of likely N-dealkylation sites (tertiary alicyclic amines) is 1. The van der Waals surface area contributed by atoms with Gasteiger partial charge in [-0.3, -0.25) is 4.79 Å². The number of hydrogen-bond acceptors (Lipinski definition) is 4. The van der Waals surface area contributed by atoms with Crippen LogP contribution in [-0.2, 0) is 14.3 Å². The van der Waals surface area contributed by atoms with E-state index in [2.05, 4.69) is 6.92 Å². The lowest BCUT2D eigenvalue weighted by Gasteiger charge is -2.37. The summed E-state index contributed by atoms with van der Waals surface area (Å²) in [6.45, 7) is 4.03. The molecule has 2 heterocycles. The Labute approximate surface area is 119 Å². The second kappa shape index (κ2) is 7.45. The predicted octanol–water partition coefficient (Wildman–Crippen LogP) is 2.24. The van der Waals surface area contributed by atoms with E-state index in [0.29, 0.717) is 19.1 Å². The zero-order valence-electron chi connectivity index (χ0n) is 12.2. The van der Waals surface area contributed by atoms with Gasteiger partial charge in [-0.1, -0.05) is 6.92 Å². The van der Waals surface area contributed by atoms with Crippen molar-refractivity contribution in [2.24, 2.45) is 5.92 Å². The van der Waals surface area contributed by atoms with Crippen LogP contribution in [0.1, 0.15) is 31.6 Å². The minimum absolute atomic E-state index is 0.0226.